The van der Waals surface area contributed by atoms with E-state index in [4.69, 9.17) is 4.74 Å². The summed E-state index contributed by atoms with van der Waals surface area (Å²) < 4.78 is 5.06. The van der Waals surface area contributed by atoms with Crippen LogP contribution in [-0.4, -0.2) is 24.7 Å². The second-order valence-electron chi connectivity index (χ2n) is 4.70. The summed E-state index contributed by atoms with van der Waals surface area (Å²) in [5, 5.41) is 12.7. The number of carbonyl (C=O) groups excluding carboxylic acids is 1. The second-order valence-corrected chi connectivity index (χ2v) is 4.70. The first-order chi connectivity index (χ1) is 8.70. The van der Waals surface area contributed by atoms with Crippen LogP contribution in [0.15, 0.2) is 24.3 Å². The van der Waals surface area contributed by atoms with Crippen LogP contribution < -0.4 is 10.1 Å². The number of methoxy groups -OCH3 is 1. The van der Waals surface area contributed by atoms with E-state index >= 15 is 0 Å². The zero-order valence-corrected chi connectivity index (χ0v) is 10.6. The molecule has 98 valence electrons. The van der Waals surface area contributed by atoms with Crippen LogP contribution in [0.3, 0.4) is 0 Å². The number of benzene rings is 1. The minimum Gasteiger partial charge on any atom is -0.497 e. The highest BCUT2D eigenvalue weighted by molar-refractivity contribution is 5.81. The van der Waals surface area contributed by atoms with Crippen LogP contribution in [0, 0.1) is 5.92 Å². The van der Waals surface area contributed by atoms with E-state index in [0.29, 0.717) is 17.9 Å². The summed E-state index contributed by atoms with van der Waals surface area (Å²) >= 11 is 0. The number of aliphatic hydroxyl groups is 1. The molecule has 2 rings (SSSR count). The lowest BCUT2D eigenvalue weighted by Gasteiger charge is -2.12. The van der Waals surface area contributed by atoms with Crippen LogP contribution in [0.1, 0.15) is 30.9 Å². The molecule has 0 bridgehead atoms. The Hall–Kier alpha value is -1.55. The van der Waals surface area contributed by atoms with Crippen molar-refractivity contribution < 1.29 is 14.6 Å². The molecule has 1 unspecified atom stereocenters. The van der Waals surface area contributed by atoms with Gasteiger partial charge in [-0.25, -0.2) is 0 Å². The minimum atomic E-state index is -1.13. The van der Waals surface area contributed by atoms with Crippen molar-refractivity contribution in [3.05, 3.63) is 29.8 Å². The van der Waals surface area contributed by atoms with Gasteiger partial charge in [-0.3, -0.25) is 4.79 Å². The zero-order chi connectivity index (χ0) is 13.0. The fourth-order valence-electron chi connectivity index (χ4n) is 1.87. The Kier molecular flexibility index (Phi) is 4.20. The Morgan fingerprint density at radius 1 is 1.56 bits per heavy atom. The lowest BCUT2D eigenvalue weighted by atomic mass is 10.1. The molecule has 0 spiro atoms. The van der Waals surface area contributed by atoms with Crippen LogP contribution in [0.4, 0.5) is 0 Å². The van der Waals surface area contributed by atoms with Crippen molar-refractivity contribution >= 4 is 5.91 Å². The highest BCUT2D eigenvalue weighted by Gasteiger charge is 2.22. The molecule has 1 aliphatic carbocycles. The summed E-state index contributed by atoms with van der Waals surface area (Å²) in [6, 6.07) is 6.93. The maximum atomic E-state index is 11.7. The van der Waals surface area contributed by atoms with Crippen molar-refractivity contribution in [1.29, 1.82) is 0 Å². The van der Waals surface area contributed by atoms with E-state index < -0.39 is 6.10 Å². The highest BCUT2D eigenvalue weighted by Crippen LogP contribution is 2.31. The summed E-state index contributed by atoms with van der Waals surface area (Å²) in [6.45, 7) is 0.643. The van der Waals surface area contributed by atoms with Gasteiger partial charge >= 0.3 is 0 Å². The Labute approximate surface area is 107 Å². The van der Waals surface area contributed by atoms with Gasteiger partial charge in [0.25, 0.3) is 5.91 Å². The molecular weight excluding hydrogens is 230 g/mol. The van der Waals surface area contributed by atoms with Crippen LogP contribution in [0.5, 0.6) is 5.75 Å². The molecule has 4 nitrogen and oxygen atoms in total. The number of amides is 1. The number of nitrogens with one attached hydrogen (secondary N) is 1. The molecule has 0 radical (unpaired) electrons. The summed E-state index contributed by atoms with van der Waals surface area (Å²) in [7, 11) is 1.56. The Morgan fingerprint density at radius 3 is 3.00 bits per heavy atom. The third-order valence-corrected chi connectivity index (χ3v) is 3.21. The summed E-state index contributed by atoms with van der Waals surface area (Å²) in [4.78, 5) is 11.7. The van der Waals surface area contributed by atoms with Gasteiger partial charge in [0.15, 0.2) is 6.10 Å². The number of hydrogen-bond acceptors (Lipinski definition) is 3. The summed E-state index contributed by atoms with van der Waals surface area (Å²) in [5.41, 5.74) is 0.554. The van der Waals surface area contributed by atoms with Crippen molar-refractivity contribution in [2.45, 2.75) is 25.4 Å². The van der Waals surface area contributed by atoms with Crippen molar-refractivity contribution in [3.8, 4) is 5.75 Å². The van der Waals surface area contributed by atoms with Gasteiger partial charge in [0.1, 0.15) is 5.75 Å². The van der Waals surface area contributed by atoms with Crippen LogP contribution in [-0.2, 0) is 4.79 Å². The fourth-order valence-corrected chi connectivity index (χ4v) is 1.87. The molecule has 1 atom stereocenters. The molecule has 0 aliphatic heterocycles. The normalized spacial score (nSPS) is 16.1. The van der Waals surface area contributed by atoms with Crippen LogP contribution in [0.25, 0.3) is 0 Å². The average molecular weight is 249 g/mol. The summed E-state index contributed by atoms with van der Waals surface area (Å²) in [5.74, 6) is 1.07. The third-order valence-electron chi connectivity index (χ3n) is 3.21. The molecule has 1 aromatic rings. The number of hydrogen-bond donors (Lipinski definition) is 2. The van der Waals surface area contributed by atoms with E-state index in [2.05, 4.69) is 5.32 Å². The van der Waals surface area contributed by atoms with Gasteiger partial charge in [-0.1, -0.05) is 25.0 Å². The van der Waals surface area contributed by atoms with Gasteiger partial charge in [0.05, 0.1) is 7.11 Å². The van der Waals surface area contributed by atoms with Gasteiger partial charge in [0.2, 0.25) is 0 Å². The zero-order valence-electron chi connectivity index (χ0n) is 10.6. The van der Waals surface area contributed by atoms with Crippen molar-refractivity contribution in [2.24, 2.45) is 5.92 Å². The molecule has 1 amide bonds. The minimum absolute atomic E-state index is 0.344. The molecule has 2 N–H and O–H groups in total. The van der Waals surface area contributed by atoms with Crippen molar-refractivity contribution in [3.63, 3.8) is 0 Å². The number of rotatable bonds is 6. The lowest BCUT2D eigenvalue weighted by molar-refractivity contribution is -0.129. The van der Waals surface area contributed by atoms with Gasteiger partial charge in [0, 0.05) is 6.54 Å². The number of carbonyl (C=O) groups is 1. The van der Waals surface area contributed by atoms with E-state index in [1.54, 1.807) is 31.4 Å². The van der Waals surface area contributed by atoms with Crippen molar-refractivity contribution in [2.75, 3.05) is 13.7 Å². The molecule has 4 heteroatoms. The fraction of sp³-hybridized carbons (Fsp3) is 0.500. The van der Waals surface area contributed by atoms with E-state index in [1.165, 1.54) is 12.8 Å². The predicted octanol–water partition coefficient (Wildman–Crippen LogP) is 1.64. The first kappa shape index (κ1) is 12.9. The molecule has 1 aliphatic rings. The lowest BCUT2D eigenvalue weighted by Crippen LogP contribution is -2.30. The average Bonchev–Trinajstić information content (AvgIpc) is 3.22. The monoisotopic (exact) mass is 249 g/mol. The molecule has 1 saturated carbocycles. The molecule has 0 heterocycles. The van der Waals surface area contributed by atoms with Gasteiger partial charge in [-0.05, 0) is 30.0 Å². The predicted molar refractivity (Wildman–Crippen MR) is 68.3 cm³/mol. The highest BCUT2D eigenvalue weighted by atomic mass is 16.5. The topological polar surface area (TPSA) is 58.6 Å². The van der Waals surface area contributed by atoms with Gasteiger partial charge in [-0.15, -0.1) is 0 Å². The molecule has 1 fully saturated rings. The second kappa shape index (κ2) is 5.87. The van der Waals surface area contributed by atoms with E-state index in [1.807, 2.05) is 0 Å². The van der Waals surface area contributed by atoms with Gasteiger partial charge < -0.3 is 15.2 Å². The van der Waals surface area contributed by atoms with Crippen molar-refractivity contribution in [1.82, 2.24) is 5.32 Å². The molecular formula is C14H19NO3. The summed E-state index contributed by atoms with van der Waals surface area (Å²) in [6.07, 6.45) is 2.43. The first-order valence-electron chi connectivity index (χ1n) is 6.30. The maximum Gasteiger partial charge on any atom is 0.253 e. The molecule has 18 heavy (non-hydrogen) atoms. The number of aliphatic hydroxyl groups excluding tert-OH is 1. The van der Waals surface area contributed by atoms with E-state index in [0.717, 1.165) is 12.3 Å². The van der Waals surface area contributed by atoms with Crippen LogP contribution >= 0.6 is 0 Å². The molecule has 0 aromatic heterocycles. The maximum absolute atomic E-state index is 11.7. The third kappa shape index (κ3) is 3.47. The quantitative estimate of drug-likeness (QED) is 0.806. The smallest absolute Gasteiger partial charge is 0.253 e. The molecule has 0 saturated heterocycles. The SMILES string of the molecule is COc1cccc(C(O)C(=O)NCCC2CC2)c1. The Bertz CT molecular complexity index is 415. The van der Waals surface area contributed by atoms with Gasteiger partial charge in [-0.2, -0.15) is 0 Å². The Balaban J connectivity index is 1.87. The standard InChI is InChI=1S/C14H19NO3/c1-18-12-4-2-3-11(9-12)13(16)14(17)15-8-7-10-5-6-10/h2-4,9-10,13,16H,5-8H2,1H3,(H,15,17). The van der Waals surface area contributed by atoms with E-state index in [-0.39, 0.29) is 5.91 Å². The number of ether oxygens (including phenoxy) is 1. The van der Waals surface area contributed by atoms with Crippen LogP contribution in [0.2, 0.25) is 0 Å². The Morgan fingerprint density at radius 2 is 2.33 bits per heavy atom. The van der Waals surface area contributed by atoms with E-state index in [9.17, 15) is 9.90 Å². The first-order valence-corrected chi connectivity index (χ1v) is 6.30. The molecule has 1 aromatic carbocycles. The largest absolute Gasteiger partial charge is 0.497 e.